The summed E-state index contributed by atoms with van der Waals surface area (Å²) in [6.07, 6.45) is 6.23. The van der Waals surface area contributed by atoms with E-state index < -0.39 is 0 Å². The van der Waals surface area contributed by atoms with Gasteiger partial charge in [0.25, 0.3) is 0 Å². The monoisotopic (exact) mass is 388 g/mol. The Morgan fingerprint density at radius 1 is 1.33 bits per heavy atom. The van der Waals surface area contributed by atoms with E-state index >= 15 is 0 Å². The van der Waals surface area contributed by atoms with Crippen molar-refractivity contribution in [2.24, 2.45) is 5.92 Å². The second-order valence-corrected chi connectivity index (χ2v) is 7.98. The summed E-state index contributed by atoms with van der Waals surface area (Å²) in [7, 11) is 0. The van der Waals surface area contributed by atoms with E-state index in [0.717, 1.165) is 48.9 Å². The normalized spacial score (nSPS) is 31.3. The highest BCUT2D eigenvalue weighted by Crippen LogP contribution is 2.37. The number of nitrogens with zero attached hydrogens (tertiary/aromatic N) is 3. The van der Waals surface area contributed by atoms with Crippen LogP contribution >= 0.6 is 15.9 Å². The lowest BCUT2D eigenvalue weighted by atomic mass is 9.95. The number of nitriles is 1. The van der Waals surface area contributed by atoms with Crippen LogP contribution in [0.15, 0.2) is 28.7 Å². The van der Waals surface area contributed by atoms with E-state index in [1.807, 2.05) is 17.0 Å². The number of amides is 1. The highest BCUT2D eigenvalue weighted by atomic mass is 79.9. The van der Waals surface area contributed by atoms with Gasteiger partial charge in [0.05, 0.1) is 18.0 Å². The van der Waals surface area contributed by atoms with Crippen molar-refractivity contribution in [3.05, 3.63) is 28.7 Å². The Kier molecular flexibility index (Phi) is 4.13. The fraction of sp³-hybridized carbons (Fsp3) is 0.556. The smallest absolute Gasteiger partial charge is 0.225 e. The van der Waals surface area contributed by atoms with Crippen molar-refractivity contribution in [2.45, 2.75) is 43.8 Å². The van der Waals surface area contributed by atoms with E-state index in [4.69, 9.17) is 0 Å². The maximum atomic E-state index is 12.7. The summed E-state index contributed by atoms with van der Waals surface area (Å²) in [6.45, 7) is 1.68. The molecule has 24 heavy (non-hydrogen) atoms. The Labute approximate surface area is 150 Å². The zero-order chi connectivity index (χ0) is 16.7. The van der Waals surface area contributed by atoms with Gasteiger partial charge in [0.2, 0.25) is 5.91 Å². The van der Waals surface area contributed by atoms with Gasteiger partial charge in [-0.15, -0.1) is 0 Å². The average molecular weight is 389 g/mol. The molecule has 0 spiro atoms. The molecule has 1 aromatic carbocycles. The number of rotatable bonds is 3. The van der Waals surface area contributed by atoms with Gasteiger partial charge in [-0.1, -0.05) is 22.0 Å². The number of benzene rings is 1. The molecule has 126 valence electrons. The topological polar surface area (TPSA) is 59.4 Å². The Morgan fingerprint density at radius 2 is 2.21 bits per heavy atom. The van der Waals surface area contributed by atoms with Gasteiger partial charge in [0, 0.05) is 29.3 Å². The Morgan fingerprint density at radius 3 is 2.96 bits per heavy atom. The Bertz CT molecular complexity index is 688. The number of nitrogens with one attached hydrogen (secondary N) is 1. The van der Waals surface area contributed by atoms with Crippen LogP contribution in [0.3, 0.4) is 0 Å². The number of halogens is 1. The lowest BCUT2D eigenvalue weighted by molar-refractivity contribution is -0.125. The van der Waals surface area contributed by atoms with Crippen molar-refractivity contribution in [3.8, 4) is 6.19 Å². The molecule has 4 atom stereocenters. The maximum absolute atomic E-state index is 12.7. The molecule has 3 fully saturated rings. The molecule has 1 amide bonds. The summed E-state index contributed by atoms with van der Waals surface area (Å²) in [5.41, 5.74) is 1.16. The Hall–Kier alpha value is -1.74. The zero-order valence-corrected chi connectivity index (χ0v) is 15.1. The molecule has 3 heterocycles. The molecule has 1 N–H and O–H groups in total. The van der Waals surface area contributed by atoms with Crippen molar-refractivity contribution >= 4 is 27.5 Å². The SMILES string of the molecule is N#CN1[C@H]2CC[C@@H]1[C@H](NC(=O)C1CCN(c3cccc(Br)c3)C1)C2. The lowest BCUT2D eigenvalue weighted by Gasteiger charge is -2.24. The van der Waals surface area contributed by atoms with Gasteiger partial charge in [0.15, 0.2) is 6.19 Å². The molecule has 1 unspecified atom stereocenters. The van der Waals surface area contributed by atoms with Gasteiger partial charge in [-0.3, -0.25) is 4.79 Å². The second-order valence-electron chi connectivity index (χ2n) is 7.07. The van der Waals surface area contributed by atoms with E-state index in [9.17, 15) is 10.1 Å². The Balaban J connectivity index is 1.36. The third-order valence-electron chi connectivity index (χ3n) is 5.71. The third-order valence-corrected chi connectivity index (χ3v) is 6.21. The molecular weight excluding hydrogens is 368 g/mol. The van der Waals surface area contributed by atoms with Crippen molar-refractivity contribution in [2.75, 3.05) is 18.0 Å². The first-order chi connectivity index (χ1) is 11.7. The number of hydrogen-bond donors (Lipinski definition) is 1. The van der Waals surface area contributed by atoms with Gasteiger partial charge in [0.1, 0.15) is 0 Å². The molecule has 3 saturated heterocycles. The molecule has 6 heteroatoms. The molecule has 1 aromatic rings. The van der Waals surface area contributed by atoms with Gasteiger partial charge in [-0.2, -0.15) is 5.26 Å². The van der Waals surface area contributed by atoms with E-state index in [1.54, 1.807) is 0 Å². The molecule has 0 aliphatic carbocycles. The number of carbonyl (C=O) groups excluding carboxylic acids is 1. The molecule has 0 radical (unpaired) electrons. The summed E-state index contributed by atoms with van der Waals surface area (Å²) in [4.78, 5) is 16.8. The molecule has 2 bridgehead atoms. The fourth-order valence-electron chi connectivity index (χ4n) is 4.48. The van der Waals surface area contributed by atoms with Crippen LogP contribution in [-0.4, -0.2) is 42.0 Å². The quantitative estimate of drug-likeness (QED) is 0.807. The largest absolute Gasteiger partial charge is 0.371 e. The first-order valence-corrected chi connectivity index (χ1v) is 9.44. The highest BCUT2D eigenvalue weighted by molar-refractivity contribution is 9.10. The molecular formula is C18H21BrN4O. The summed E-state index contributed by atoms with van der Waals surface area (Å²) in [5.74, 6) is 0.196. The minimum atomic E-state index is 0.0404. The van der Waals surface area contributed by atoms with Crippen molar-refractivity contribution in [1.29, 1.82) is 5.26 Å². The van der Waals surface area contributed by atoms with Gasteiger partial charge >= 0.3 is 0 Å². The van der Waals surface area contributed by atoms with Crippen molar-refractivity contribution < 1.29 is 4.79 Å². The predicted octanol–water partition coefficient (Wildman–Crippen LogP) is 2.48. The van der Waals surface area contributed by atoms with Crippen LogP contribution in [0.1, 0.15) is 25.7 Å². The number of hydrogen-bond acceptors (Lipinski definition) is 4. The molecule has 0 saturated carbocycles. The summed E-state index contributed by atoms with van der Waals surface area (Å²) in [5, 5.41) is 12.5. The van der Waals surface area contributed by atoms with E-state index in [-0.39, 0.29) is 23.9 Å². The van der Waals surface area contributed by atoms with Gasteiger partial charge < -0.3 is 15.1 Å². The minimum Gasteiger partial charge on any atom is -0.371 e. The third kappa shape index (κ3) is 2.75. The first-order valence-electron chi connectivity index (χ1n) is 8.64. The zero-order valence-electron chi connectivity index (χ0n) is 13.5. The molecule has 4 rings (SSSR count). The van der Waals surface area contributed by atoms with Crippen LogP contribution in [-0.2, 0) is 4.79 Å². The van der Waals surface area contributed by atoms with Crippen LogP contribution in [0, 0.1) is 17.4 Å². The predicted molar refractivity (Wildman–Crippen MR) is 95.3 cm³/mol. The van der Waals surface area contributed by atoms with Gasteiger partial charge in [-0.25, -0.2) is 0 Å². The summed E-state index contributed by atoms with van der Waals surface area (Å²) in [6, 6.07) is 8.93. The second kappa shape index (κ2) is 6.29. The van der Waals surface area contributed by atoms with Crippen molar-refractivity contribution in [3.63, 3.8) is 0 Å². The standard InChI is InChI=1S/C18H21BrN4O/c19-13-2-1-3-14(8-13)22-7-6-12(10-22)18(24)21-16-9-15-4-5-17(16)23(15)11-20/h1-3,8,12,15-17H,4-7,9-10H2,(H,21,24)/t12?,15-,16+,17+/m0/s1. The van der Waals surface area contributed by atoms with Gasteiger partial charge in [-0.05, 0) is 43.9 Å². The average Bonchev–Trinajstić information content (AvgIpc) is 3.28. The number of anilines is 1. The number of carbonyl (C=O) groups is 1. The van der Waals surface area contributed by atoms with Crippen LogP contribution in [0.25, 0.3) is 0 Å². The van der Waals surface area contributed by atoms with Crippen LogP contribution in [0.5, 0.6) is 0 Å². The van der Waals surface area contributed by atoms with E-state index in [0.29, 0.717) is 6.04 Å². The molecule has 3 aliphatic rings. The highest BCUT2D eigenvalue weighted by Gasteiger charge is 2.47. The molecule has 3 aliphatic heterocycles. The lowest BCUT2D eigenvalue weighted by Crippen LogP contribution is -2.46. The molecule has 5 nitrogen and oxygen atoms in total. The van der Waals surface area contributed by atoms with Crippen molar-refractivity contribution in [1.82, 2.24) is 10.2 Å². The van der Waals surface area contributed by atoms with E-state index in [2.05, 4.69) is 44.5 Å². The summed E-state index contributed by atoms with van der Waals surface area (Å²) >= 11 is 3.51. The fourth-order valence-corrected chi connectivity index (χ4v) is 4.87. The summed E-state index contributed by atoms with van der Waals surface area (Å²) < 4.78 is 1.06. The maximum Gasteiger partial charge on any atom is 0.225 e. The number of fused-ring (bicyclic) bond motifs is 2. The van der Waals surface area contributed by atoms with Crippen LogP contribution in [0.4, 0.5) is 5.69 Å². The molecule has 0 aromatic heterocycles. The first kappa shape index (κ1) is 15.8. The van der Waals surface area contributed by atoms with Crippen LogP contribution < -0.4 is 10.2 Å². The van der Waals surface area contributed by atoms with E-state index in [1.165, 1.54) is 0 Å². The van der Waals surface area contributed by atoms with Crippen LogP contribution in [0.2, 0.25) is 0 Å². The minimum absolute atomic E-state index is 0.0404.